The van der Waals surface area contributed by atoms with Crippen molar-refractivity contribution in [3.63, 3.8) is 0 Å². The van der Waals surface area contributed by atoms with Crippen LogP contribution < -0.4 is 9.47 Å². The Bertz CT molecular complexity index is 760. The van der Waals surface area contributed by atoms with Crippen molar-refractivity contribution >= 4 is 12.0 Å². The lowest BCUT2D eigenvalue weighted by molar-refractivity contribution is -0.132. The lowest BCUT2D eigenvalue weighted by Crippen LogP contribution is -1.99. The van der Waals surface area contributed by atoms with E-state index in [1.807, 2.05) is 30.3 Å². The highest BCUT2D eigenvalue weighted by Gasteiger charge is 2.09. The van der Waals surface area contributed by atoms with E-state index >= 15 is 0 Å². The number of rotatable bonds is 6. The molecule has 0 saturated heterocycles. The van der Waals surface area contributed by atoms with Gasteiger partial charge in [0, 0.05) is 0 Å². The SMILES string of the molecule is COc1ccc(C=C(C#N)C(=O)O)cc1OCc1ccccc1. The van der Waals surface area contributed by atoms with Crippen LogP contribution >= 0.6 is 0 Å². The van der Waals surface area contributed by atoms with Crippen molar-refractivity contribution in [3.8, 4) is 17.6 Å². The van der Waals surface area contributed by atoms with Crippen LogP contribution in [0.2, 0.25) is 0 Å². The smallest absolute Gasteiger partial charge is 0.346 e. The molecule has 2 aromatic carbocycles. The molecule has 0 aromatic heterocycles. The van der Waals surface area contributed by atoms with Gasteiger partial charge in [-0.15, -0.1) is 0 Å². The first kappa shape index (κ1) is 16.1. The predicted molar refractivity (Wildman–Crippen MR) is 85.0 cm³/mol. The fourth-order valence-corrected chi connectivity index (χ4v) is 1.94. The quantitative estimate of drug-likeness (QED) is 0.654. The molecule has 2 rings (SSSR count). The third-order valence-electron chi connectivity index (χ3n) is 3.09. The molecular weight excluding hydrogens is 294 g/mol. The zero-order valence-corrected chi connectivity index (χ0v) is 12.5. The van der Waals surface area contributed by atoms with Gasteiger partial charge >= 0.3 is 5.97 Å². The highest BCUT2D eigenvalue weighted by Crippen LogP contribution is 2.29. The van der Waals surface area contributed by atoms with Crippen molar-refractivity contribution in [1.29, 1.82) is 5.26 Å². The number of hydrogen-bond acceptors (Lipinski definition) is 4. The third-order valence-corrected chi connectivity index (χ3v) is 3.09. The molecule has 23 heavy (non-hydrogen) atoms. The maximum atomic E-state index is 10.9. The molecule has 0 fully saturated rings. The Labute approximate surface area is 134 Å². The van der Waals surface area contributed by atoms with Crippen LogP contribution in [0.15, 0.2) is 54.1 Å². The second-order valence-corrected chi connectivity index (χ2v) is 4.66. The maximum Gasteiger partial charge on any atom is 0.346 e. The third kappa shape index (κ3) is 4.35. The summed E-state index contributed by atoms with van der Waals surface area (Å²) < 4.78 is 11.0. The van der Waals surface area contributed by atoms with Crippen molar-refractivity contribution in [2.75, 3.05) is 7.11 Å². The Hall–Kier alpha value is -3.26. The average Bonchev–Trinajstić information content (AvgIpc) is 2.58. The number of methoxy groups -OCH3 is 1. The molecule has 0 aliphatic rings. The number of hydrogen-bond donors (Lipinski definition) is 1. The first-order valence-corrected chi connectivity index (χ1v) is 6.84. The summed E-state index contributed by atoms with van der Waals surface area (Å²) in [4.78, 5) is 10.9. The molecule has 0 atom stereocenters. The highest BCUT2D eigenvalue weighted by atomic mass is 16.5. The Morgan fingerprint density at radius 3 is 2.57 bits per heavy atom. The van der Waals surface area contributed by atoms with Crippen LogP contribution in [0.4, 0.5) is 0 Å². The molecule has 0 bridgehead atoms. The summed E-state index contributed by atoms with van der Waals surface area (Å²) in [5.74, 6) is -0.255. The predicted octanol–water partition coefficient (Wildman–Crippen LogP) is 3.27. The summed E-state index contributed by atoms with van der Waals surface area (Å²) in [6.07, 6.45) is 1.29. The van der Waals surface area contributed by atoms with E-state index in [2.05, 4.69) is 0 Å². The van der Waals surface area contributed by atoms with E-state index in [0.717, 1.165) is 5.56 Å². The van der Waals surface area contributed by atoms with Crippen molar-refractivity contribution in [2.45, 2.75) is 6.61 Å². The van der Waals surface area contributed by atoms with Crippen molar-refractivity contribution in [1.82, 2.24) is 0 Å². The van der Waals surface area contributed by atoms with E-state index in [-0.39, 0.29) is 5.57 Å². The number of carboxylic acids is 1. The lowest BCUT2D eigenvalue weighted by Gasteiger charge is -2.11. The standard InChI is InChI=1S/C18H15NO4/c1-22-16-8-7-14(9-15(11-19)18(20)21)10-17(16)23-12-13-5-3-2-4-6-13/h2-10H,12H2,1H3,(H,20,21). The van der Waals surface area contributed by atoms with Crippen LogP contribution in [0.1, 0.15) is 11.1 Å². The molecule has 2 aromatic rings. The normalized spacial score (nSPS) is 10.7. The van der Waals surface area contributed by atoms with Crippen LogP contribution in [0.25, 0.3) is 6.08 Å². The van der Waals surface area contributed by atoms with Crippen LogP contribution in [-0.2, 0) is 11.4 Å². The second kappa shape index (κ2) is 7.66. The minimum Gasteiger partial charge on any atom is -0.493 e. The molecule has 0 amide bonds. The average molecular weight is 309 g/mol. The summed E-state index contributed by atoms with van der Waals surface area (Å²) in [5.41, 5.74) is 1.20. The fraction of sp³-hybridized carbons (Fsp3) is 0.111. The second-order valence-electron chi connectivity index (χ2n) is 4.66. The summed E-state index contributed by atoms with van der Waals surface area (Å²) in [6, 6.07) is 16.3. The number of carbonyl (C=O) groups is 1. The Kier molecular flexibility index (Phi) is 5.37. The molecule has 5 nitrogen and oxygen atoms in total. The molecule has 0 heterocycles. The van der Waals surface area contributed by atoms with E-state index in [0.29, 0.717) is 23.7 Å². The summed E-state index contributed by atoms with van der Waals surface area (Å²) in [6.45, 7) is 0.356. The summed E-state index contributed by atoms with van der Waals surface area (Å²) in [7, 11) is 1.53. The largest absolute Gasteiger partial charge is 0.493 e. The number of benzene rings is 2. The van der Waals surface area contributed by atoms with Crippen LogP contribution in [0.5, 0.6) is 11.5 Å². The topological polar surface area (TPSA) is 79.5 Å². The molecule has 0 unspecified atom stereocenters. The van der Waals surface area contributed by atoms with Crippen LogP contribution in [-0.4, -0.2) is 18.2 Å². The number of aliphatic carboxylic acids is 1. The van der Waals surface area contributed by atoms with Crippen LogP contribution in [0.3, 0.4) is 0 Å². The van der Waals surface area contributed by atoms with Crippen LogP contribution in [0, 0.1) is 11.3 Å². The van der Waals surface area contributed by atoms with Gasteiger partial charge in [-0.25, -0.2) is 4.79 Å². The van der Waals surface area contributed by atoms with Gasteiger partial charge in [0.1, 0.15) is 18.2 Å². The minimum atomic E-state index is -1.27. The summed E-state index contributed by atoms with van der Waals surface area (Å²) >= 11 is 0. The zero-order chi connectivity index (χ0) is 16.7. The number of carboxylic acid groups (broad SMARTS) is 1. The fourth-order valence-electron chi connectivity index (χ4n) is 1.94. The first-order chi connectivity index (χ1) is 11.1. The van der Waals surface area contributed by atoms with Gasteiger partial charge < -0.3 is 14.6 Å². The number of nitrogens with zero attached hydrogens (tertiary/aromatic N) is 1. The number of nitriles is 1. The molecule has 5 heteroatoms. The lowest BCUT2D eigenvalue weighted by atomic mass is 10.1. The summed E-state index contributed by atoms with van der Waals surface area (Å²) in [5, 5.41) is 17.7. The van der Waals surface area contributed by atoms with Gasteiger partial charge in [-0.2, -0.15) is 5.26 Å². The Morgan fingerprint density at radius 2 is 1.96 bits per heavy atom. The van der Waals surface area contributed by atoms with E-state index < -0.39 is 5.97 Å². The van der Waals surface area contributed by atoms with E-state index in [1.165, 1.54) is 13.2 Å². The molecule has 0 aliphatic carbocycles. The van der Waals surface area contributed by atoms with Crippen molar-refractivity contribution in [3.05, 3.63) is 65.2 Å². The van der Waals surface area contributed by atoms with Gasteiger partial charge in [-0.05, 0) is 29.3 Å². The maximum absolute atomic E-state index is 10.9. The monoisotopic (exact) mass is 309 g/mol. The molecule has 116 valence electrons. The van der Waals surface area contributed by atoms with Gasteiger partial charge in [0.15, 0.2) is 11.5 Å². The van der Waals surface area contributed by atoms with Gasteiger partial charge in [-0.3, -0.25) is 0 Å². The minimum absolute atomic E-state index is 0.343. The molecule has 0 radical (unpaired) electrons. The molecule has 0 aliphatic heterocycles. The van der Waals surface area contributed by atoms with Gasteiger partial charge in [0.2, 0.25) is 0 Å². The van der Waals surface area contributed by atoms with E-state index in [4.69, 9.17) is 19.8 Å². The number of ether oxygens (including phenoxy) is 2. The Morgan fingerprint density at radius 1 is 1.22 bits per heavy atom. The zero-order valence-electron chi connectivity index (χ0n) is 12.5. The molecule has 0 spiro atoms. The molecular formula is C18H15NO4. The van der Waals surface area contributed by atoms with Gasteiger partial charge in [-0.1, -0.05) is 36.4 Å². The van der Waals surface area contributed by atoms with E-state index in [1.54, 1.807) is 24.3 Å². The Balaban J connectivity index is 2.25. The molecule has 0 saturated carbocycles. The van der Waals surface area contributed by atoms with Crippen molar-refractivity contribution in [2.24, 2.45) is 0 Å². The highest BCUT2D eigenvalue weighted by molar-refractivity contribution is 5.96. The van der Waals surface area contributed by atoms with E-state index in [9.17, 15) is 4.79 Å². The van der Waals surface area contributed by atoms with Gasteiger partial charge in [0.25, 0.3) is 0 Å². The van der Waals surface area contributed by atoms with Gasteiger partial charge in [0.05, 0.1) is 7.11 Å². The first-order valence-electron chi connectivity index (χ1n) is 6.84. The molecule has 1 N–H and O–H groups in total. The van der Waals surface area contributed by atoms with Crippen molar-refractivity contribution < 1.29 is 19.4 Å².